The number of benzene rings is 2. The predicted molar refractivity (Wildman–Crippen MR) is 102 cm³/mol. The zero-order valence-corrected chi connectivity index (χ0v) is 15.2. The van der Waals surface area contributed by atoms with Gasteiger partial charge in [0.25, 0.3) is 5.91 Å². The van der Waals surface area contributed by atoms with E-state index in [1.54, 1.807) is 14.0 Å². The highest BCUT2D eigenvalue weighted by Crippen LogP contribution is 2.19. The molecule has 5 nitrogen and oxygen atoms in total. The molecule has 0 aliphatic carbocycles. The first-order valence-electron chi connectivity index (χ1n) is 8.54. The molecular formula is C21H22N2O3. The zero-order valence-electron chi connectivity index (χ0n) is 15.2. The molecule has 0 bridgehead atoms. The summed E-state index contributed by atoms with van der Waals surface area (Å²) >= 11 is 0. The fourth-order valence-corrected chi connectivity index (χ4v) is 3.02. The largest absolute Gasteiger partial charge is 0.451 e. The average molecular weight is 350 g/mol. The highest BCUT2D eigenvalue weighted by molar-refractivity contribution is 5.96. The van der Waals surface area contributed by atoms with E-state index in [1.807, 2.05) is 72.2 Å². The van der Waals surface area contributed by atoms with Crippen molar-refractivity contribution in [3.63, 3.8) is 0 Å². The van der Waals surface area contributed by atoms with Crippen LogP contribution in [0.25, 0.3) is 10.9 Å². The van der Waals surface area contributed by atoms with Crippen LogP contribution in [0, 0.1) is 6.92 Å². The van der Waals surface area contributed by atoms with Crippen LogP contribution in [0.1, 0.15) is 12.6 Å². The van der Waals surface area contributed by atoms with Gasteiger partial charge in [0.05, 0.1) is 0 Å². The molecule has 3 aromatic rings. The summed E-state index contributed by atoms with van der Waals surface area (Å²) in [5.74, 6) is -0.699. The van der Waals surface area contributed by atoms with Gasteiger partial charge >= 0.3 is 5.97 Å². The standard InChI is InChI=1S/C21H22N2O3/c1-15-13-17-9-7-8-12-19(17)23(15)14-20(24)26-16(2)21(25)22(3)18-10-5-4-6-11-18/h4-13,16H,14H2,1-3H3. The number of carbonyl (C=O) groups excluding carboxylic acids is 2. The van der Waals surface area contributed by atoms with Crippen LogP contribution in [-0.2, 0) is 20.9 Å². The first-order valence-corrected chi connectivity index (χ1v) is 8.54. The van der Waals surface area contributed by atoms with Gasteiger partial charge in [0.15, 0.2) is 6.10 Å². The van der Waals surface area contributed by atoms with Crippen LogP contribution < -0.4 is 4.90 Å². The van der Waals surface area contributed by atoms with Crippen molar-refractivity contribution in [2.45, 2.75) is 26.5 Å². The van der Waals surface area contributed by atoms with E-state index in [-0.39, 0.29) is 12.5 Å². The molecule has 26 heavy (non-hydrogen) atoms. The first-order chi connectivity index (χ1) is 12.5. The fraction of sp³-hybridized carbons (Fsp3) is 0.238. The van der Waals surface area contributed by atoms with Gasteiger partial charge in [0.2, 0.25) is 0 Å². The minimum absolute atomic E-state index is 0.0754. The second kappa shape index (κ2) is 7.44. The van der Waals surface area contributed by atoms with E-state index in [0.717, 1.165) is 22.3 Å². The van der Waals surface area contributed by atoms with Crippen molar-refractivity contribution in [3.8, 4) is 0 Å². The van der Waals surface area contributed by atoms with Crippen molar-refractivity contribution < 1.29 is 14.3 Å². The number of carbonyl (C=O) groups is 2. The summed E-state index contributed by atoms with van der Waals surface area (Å²) in [6.07, 6.45) is -0.852. The van der Waals surface area contributed by atoms with E-state index in [0.29, 0.717) is 0 Å². The third kappa shape index (κ3) is 3.61. The van der Waals surface area contributed by atoms with Crippen LogP contribution in [0.5, 0.6) is 0 Å². The number of aromatic nitrogens is 1. The highest BCUT2D eigenvalue weighted by Gasteiger charge is 2.23. The van der Waals surface area contributed by atoms with E-state index in [4.69, 9.17) is 4.74 Å². The zero-order chi connectivity index (χ0) is 18.7. The summed E-state index contributed by atoms with van der Waals surface area (Å²) in [4.78, 5) is 26.4. The van der Waals surface area contributed by atoms with E-state index in [9.17, 15) is 9.59 Å². The lowest BCUT2D eigenvalue weighted by molar-refractivity contribution is -0.154. The normalized spacial score (nSPS) is 12.0. The molecule has 1 atom stereocenters. The number of para-hydroxylation sites is 2. The summed E-state index contributed by atoms with van der Waals surface area (Å²) in [7, 11) is 1.67. The Morgan fingerprint density at radius 2 is 1.73 bits per heavy atom. The van der Waals surface area contributed by atoms with Gasteiger partial charge in [-0.1, -0.05) is 36.4 Å². The van der Waals surface area contributed by atoms with Crippen LogP contribution in [-0.4, -0.2) is 29.6 Å². The van der Waals surface area contributed by atoms with Gasteiger partial charge < -0.3 is 14.2 Å². The molecular weight excluding hydrogens is 328 g/mol. The number of likely N-dealkylation sites (N-methyl/N-ethyl adjacent to an activating group) is 1. The number of nitrogens with zero attached hydrogens (tertiary/aromatic N) is 2. The van der Waals surface area contributed by atoms with Gasteiger partial charge in [-0.3, -0.25) is 9.59 Å². The predicted octanol–water partition coefficient (Wildman–Crippen LogP) is 3.54. The lowest BCUT2D eigenvalue weighted by Crippen LogP contribution is -2.38. The van der Waals surface area contributed by atoms with Gasteiger partial charge in [0.1, 0.15) is 6.54 Å². The Balaban J connectivity index is 1.67. The summed E-state index contributed by atoms with van der Waals surface area (Å²) < 4.78 is 7.28. The van der Waals surface area contributed by atoms with Crippen molar-refractivity contribution in [2.75, 3.05) is 11.9 Å². The molecule has 0 aliphatic heterocycles. The molecule has 0 aliphatic rings. The Bertz CT molecular complexity index is 931. The summed E-state index contributed by atoms with van der Waals surface area (Å²) in [6.45, 7) is 3.62. The number of aryl methyl sites for hydroxylation is 1. The van der Waals surface area contributed by atoms with E-state index in [2.05, 4.69) is 0 Å². The van der Waals surface area contributed by atoms with E-state index >= 15 is 0 Å². The molecule has 0 N–H and O–H groups in total. The Morgan fingerprint density at radius 3 is 2.46 bits per heavy atom. The molecule has 1 aromatic heterocycles. The van der Waals surface area contributed by atoms with Crippen LogP contribution in [0.2, 0.25) is 0 Å². The Morgan fingerprint density at radius 1 is 1.08 bits per heavy atom. The van der Waals surface area contributed by atoms with Crippen LogP contribution in [0.3, 0.4) is 0 Å². The summed E-state index contributed by atoms with van der Waals surface area (Å²) in [5, 5.41) is 1.07. The molecule has 134 valence electrons. The van der Waals surface area contributed by atoms with Gasteiger partial charge in [-0.2, -0.15) is 0 Å². The second-order valence-electron chi connectivity index (χ2n) is 6.30. The molecule has 0 saturated carbocycles. The molecule has 2 aromatic carbocycles. The number of amides is 1. The highest BCUT2D eigenvalue weighted by atomic mass is 16.5. The molecule has 0 spiro atoms. The Kier molecular flexibility index (Phi) is 5.07. The quantitative estimate of drug-likeness (QED) is 0.661. The van der Waals surface area contributed by atoms with Gasteiger partial charge in [-0.05, 0) is 43.5 Å². The molecule has 1 heterocycles. The lowest BCUT2D eigenvalue weighted by atomic mass is 10.2. The molecule has 0 fully saturated rings. The van der Waals surface area contributed by atoms with Crippen molar-refractivity contribution in [1.82, 2.24) is 4.57 Å². The van der Waals surface area contributed by atoms with Crippen molar-refractivity contribution in [2.24, 2.45) is 0 Å². The van der Waals surface area contributed by atoms with Gasteiger partial charge in [-0.15, -0.1) is 0 Å². The number of esters is 1. The van der Waals surface area contributed by atoms with Crippen molar-refractivity contribution in [3.05, 3.63) is 66.4 Å². The second-order valence-corrected chi connectivity index (χ2v) is 6.30. The molecule has 0 radical (unpaired) electrons. The first kappa shape index (κ1) is 17.7. The maximum absolute atomic E-state index is 12.5. The van der Waals surface area contributed by atoms with Crippen molar-refractivity contribution >= 4 is 28.5 Å². The molecule has 1 amide bonds. The summed E-state index contributed by atoms with van der Waals surface area (Å²) in [5.41, 5.74) is 2.71. The molecule has 1 unspecified atom stereocenters. The Labute approximate surface area is 152 Å². The maximum Gasteiger partial charge on any atom is 0.326 e. The summed E-state index contributed by atoms with van der Waals surface area (Å²) in [6, 6.07) is 19.2. The van der Waals surface area contributed by atoms with Gasteiger partial charge in [0, 0.05) is 23.9 Å². The number of anilines is 1. The molecule has 5 heteroatoms. The monoisotopic (exact) mass is 350 g/mol. The molecule has 3 rings (SSSR count). The third-order valence-corrected chi connectivity index (χ3v) is 4.43. The third-order valence-electron chi connectivity index (χ3n) is 4.43. The fourth-order valence-electron chi connectivity index (χ4n) is 3.02. The number of hydrogen-bond acceptors (Lipinski definition) is 3. The topological polar surface area (TPSA) is 51.5 Å². The van der Waals surface area contributed by atoms with Crippen LogP contribution >= 0.6 is 0 Å². The maximum atomic E-state index is 12.5. The number of rotatable bonds is 5. The number of ether oxygens (including phenoxy) is 1. The Hall–Kier alpha value is -3.08. The van der Waals surface area contributed by atoms with Crippen molar-refractivity contribution in [1.29, 1.82) is 0 Å². The van der Waals surface area contributed by atoms with Crippen LogP contribution in [0.15, 0.2) is 60.7 Å². The number of fused-ring (bicyclic) bond motifs is 1. The van der Waals surface area contributed by atoms with Gasteiger partial charge in [-0.25, -0.2) is 0 Å². The number of hydrogen-bond donors (Lipinski definition) is 0. The van der Waals surface area contributed by atoms with Crippen LogP contribution in [0.4, 0.5) is 5.69 Å². The SMILES string of the molecule is Cc1cc2ccccc2n1CC(=O)OC(C)C(=O)N(C)c1ccccc1. The lowest BCUT2D eigenvalue weighted by Gasteiger charge is -2.21. The average Bonchev–Trinajstić information content (AvgIpc) is 2.96. The molecule has 0 saturated heterocycles. The van der Waals surface area contributed by atoms with E-state index in [1.165, 1.54) is 4.90 Å². The smallest absolute Gasteiger partial charge is 0.326 e. The minimum Gasteiger partial charge on any atom is -0.451 e. The minimum atomic E-state index is -0.852. The van der Waals surface area contributed by atoms with E-state index < -0.39 is 12.1 Å².